The van der Waals surface area contributed by atoms with Gasteiger partial charge >= 0.3 is 0 Å². The van der Waals surface area contributed by atoms with E-state index in [0.717, 1.165) is 6.42 Å². The monoisotopic (exact) mass is 238 g/mol. The van der Waals surface area contributed by atoms with Crippen LogP contribution in [0, 0.1) is 11.7 Å². The predicted molar refractivity (Wildman–Crippen MR) is 67.2 cm³/mol. The SMILES string of the molecule is CCC(C)C(C)NC(=O)c1cc(N)ccc1F. The molecule has 4 heteroatoms. The van der Waals surface area contributed by atoms with E-state index in [2.05, 4.69) is 12.2 Å². The van der Waals surface area contributed by atoms with Gasteiger partial charge in [-0.3, -0.25) is 4.79 Å². The zero-order valence-corrected chi connectivity index (χ0v) is 10.5. The molecule has 94 valence electrons. The Kier molecular flexibility index (Phi) is 4.49. The number of rotatable bonds is 4. The zero-order chi connectivity index (χ0) is 13.0. The molecule has 0 spiro atoms. The largest absolute Gasteiger partial charge is 0.399 e. The number of carbonyl (C=O) groups excluding carboxylic acids is 1. The van der Waals surface area contributed by atoms with Crippen LogP contribution in [0.5, 0.6) is 0 Å². The van der Waals surface area contributed by atoms with Gasteiger partial charge in [0, 0.05) is 11.7 Å². The van der Waals surface area contributed by atoms with Crippen LogP contribution in [0.4, 0.5) is 10.1 Å². The molecule has 17 heavy (non-hydrogen) atoms. The third-order valence-electron chi connectivity index (χ3n) is 3.09. The summed E-state index contributed by atoms with van der Waals surface area (Å²) in [6, 6.07) is 4.00. The van der Waals surface area contributed by atoms with Crippen LogP contribution >= 0.6 is 0 Å². The van der Waals surface area contributed by atoms with E-state index in [-0.39, 0.29) is 11.6 Å². The number of hydrogen-bond donors (Lipinski definition) is 2. The van der Waals surface area contributed by atoms with Crippen LogP contribution in [-0.4, -0.2) is 11.9 Å². The van der Waals surface area contributed by atoms with Crippen LogP contribution in [0.1, 0.15) is 37.6 Å². The normalized spacial score (nSPS) is 14.1. The first kappa shape index (κ1) is 13.5. The van der Waals surface area contributed by atoms with Crippen LogP contribution in [0.2, 0.25) is 0 Å². The molecule has 0 fully saturated rings. The average Bonchev–Trinajstić information content (AvgIpc) is 2.30. The number of nitrogens with one attached hydrogen (secondary N) is 1. The van der Waals surface area contributed by atoms with Crippen molar-refractivity contribution in [2.24, 2.45) is 5.92 Å². The Morgan fingerprint density at radius 2 is 2.12 bits per heavy atom. The van der Waals surface area contributed by atoms with Crippen molar-refractivity contribution in [2.75, 3.05) is 5.73 Å². The Balaban J connectivity index is 2.79. The van der Waals surface area contributed by atoms with E-state index in [1.807, 2.05) is 13.8 Å². The fraction of sp³-hybridized carbons (Fsp3) is 0.462. The third-order valence-corrected chi connectivity index (χ3v) is 3.09. The minimum Gasteiger partial charge on any atom is -0.399 e. The average molecular weight is 238 g/mol. The maximum atomic E-state index is 13.4. The molecule has 0 aliphatic carbocycles. The molecule has 1 aromatic rings. The Hall–Kier alpha value is -1.58. The fourth-order valence-corrected chi connectivity index (χ4v) is 1.50. The zero-order valence-electron chi connectivity index (χ0n) is 10.5. The second-order valence-electron chi connectivity index (χ2n) is 4.39. The lowest BCUT2D eigenvalue weighted by Gasteiger charge is -2.20. The molecular formula is C13H19FN2O. The number of nitrogens with two attached hydrogens (primary N) is 1. The Labute approximate surface area is 101 Å². The van der Waals surface area contributed by atoms with Crippen LogP contribution in [0.15, 0.2) is 18.2 Å². The molecule has 3 nitrogen and oxygen atoms in total. The number of carbonyl (C=O) groups is 1. The molecule has 0 radical (unpaired) electrons. The second kappa shape index (κ2) is 5.66. The van der Waals surface area contributed by atoms with Crippen LogP contribution in [0.25, 0.3) is 0 Å². The molecule has 0 aromatic heterocycles. The second-order valence-corrected chi connectivity index (χ2v) is 4.39. The van der Waals surface area contributed by atoms with Gasteiger partial charge in [0.15, 0.2) is 0 Å². The van der Waals surface area contributed by atoms with Crippen LogP contribution < -0.4 is 11.1 Å². The van der Waals surface area contributed by atoms with Gasteiger partial charge in [0.1, 0.15) is 5.82 Å². The van der Waals surface area contributed by atoms with E-state index in [4.69, 9.17) is 5.73 Å². The van der Waals surface area contributed by atoms with Crippen molar-refractivity contribution in [1.29, 1.82) is 0 Å². The molecule has 1 aromatic carbocycles. The molecule has 0 saturated carbocycles. The summed E-state index contributed by atoms with van der Waals surface area (Å²) in [4.78, 5) is 11.8. The fourth-order valence-electron chi connectivity index (χ4n) is 1.50. The minimum absolute atomic E-state index is 0.000142. The van der Waals surface area contributed by atoms with E-state index in [1.165, 1.54) is 18.2 Å². The van der Waals surface area contributed by atoms with Crippen LogP contribution in [-0.2, 0) is 0 Å². The number of nitrogen functional groups attached to an aromatic ring is 1. The minimum atomic E-state index is -0.548. The summed E-state index contributed by atoms with van der Waals surface area (Å²) < 4.78 is 13.4. The smallest absolute Gasteiger partial charge is 0.254 e. The summed E-state index contributed by atoms with van der Waals surface area (Å²) in [5.74, 6) is -0.612. The van der Waals surface area contributed by atoms with E-state index in [0.29, 0.717) is 11.6 Å². The lowest BCUT2D eigenvalue weighted by Crippen LogP contribution is -2.37. The molecule has 3 N–H and O–H groups in total. The molecule has 1 rings (SSSR count). The van der Waals surface area contributed by atoms with Crippen molar-refractivity contribution < 1.29 is 9.18 Å². The van der Waals surface area contributed by atoms with Gasteiger partial charge in [-0.15, -0.1) is 0 Å². The maximum Gasteiger partial charge on any atom is 0.254 e. The highest BCUT2D eigenvalue weighted by Crippen LogP contribution is 2.13. The van der Waals surface area contributed by atoms with Gasteiger partial charge < -0.3 is 11.1 Å². The lowest BCUT2D eigenvalue weighted by atomic mass is 10.0. The van der Waals surface area contributed by atoms with Crippen molar-refractivity contribution in [3.8, 4) is 0 Å². The first-order chi connectivity index (χ1) is 7.95. The highest BCUT2D eigenvalue weighted by molar-refractivity contribution is 5.95. The first-order valence-corrected chi connectivity index (χ1v) is 5.81. The van der Waals surface area contributed by atoms with Crippen LogP contribution in [0.3, 0.4) is 0 Å². The predicted octanol–water partition coefficient (Wildman–Crippen LogP) is 2.57. The van der Waals surface area contributed by atoms with E-state index in [1.54, 1.807) is 0 Å². The van der Waals surface area contributed by atoms with Gasteiger partial charge in [0.2, 0.25) is 0 Å². The molecule has 0 saturated heterocycles. The maximum absolute atomic E-state index is 13.4. The summed E-state index contributed by atoms with van der Waals surface area (Å²) in [5.41, 5.74) is 5.92. The van der Waals surface area contributed by atoms with Crippen molar-refractivity contribution in [3.63, 3.8) is 0 Å². The van der Waals surface area contributed by atoms with Crippen molar-refractivity contribution in [2.45, 2.75) is 33.2 Å². The van der Waals surface area contributed by atoms with Gasteiger partial charge in [-0.05, 0) is 31.0 Å². The number of hydrogen-bond acceptors (Lipinski definition) is 2. The molecule has 1 amide bonds. The molecule has 2 atom stereocenters. The lowest BCUT2D eigenvalue weighted by molar-refractivity contribution is 0.0924. The standard InChI is InChI=1S/C13H19FN2O/c1-4-8(2)9(3)16-13(17)11-7-10(15)5-6-12(11)14/h5-9H,4,15H2,1-3H3,(H,16,17). The van der Waals surface area contributed by atoms with E-state index in [9.17, 15) is 9.18 Å². The molecule has 2 unspecified atom stereocenters. The number of benzene rings is 1. The highest BCUT2D eigenvalue weighted by atomic mass is 19.1. The quantitative estimate of drug-likeness (QED) is 0.792. The van der Waals surface area contributed by atoms with Gasteiger partial charge in [-0.25, -0.2) is 4.39 Å². The number of anilines is 1. The molecule has 0 bridgehead atoms. The Morgan fingerprint density at radius 3 is 2.71 bits per heavy atom. The molecule has 0 aliphatic heterocycles. The van der Waals surface area contributed by atoms with Crippen molar-refractivity contribution >= 4 is 11.6 Å². The molecular weight excluding hydrogens is 219 g/mol. The summed E-state index contributed by atoms with van der Waals surface area (Å²) in [6.45, 7) is 6.01. The molecule has 0 heterocycles. The van der Waals surface area contributed by atoms with Gasteiger partial charge in [0.25, 0.3) is 5.91 Å². The Morgan fingerprint density at radius 1 is 1.47 bits per heavy atom. The van der Waals surface area contributed by atoms with Gasteiger partial charge in [0.05, 0.1) is 5.56 Å². The summed E-state index contributed by atoms with van der Waals surface area (Å²) in [5, 5.41) is 2.78. The Bertz CT molecular complexity index is 406. The first-order valence-electron chi connectivity index (χ1n) is 5.81. The summed E-state index contributed by atoms with van der Waals surface area (Å²) in [6.07, 6.45) is 0.959. The van der Waals surface area contributed by atoms with E-state index < -0.39 is 11.7 Å². The number of halogens is 1. The highest BCUT2D eigenvalue weighted by Gasteiger charge is 2.17. The van der Waals surface area contributed by atoms with Gasteiger partial charge in [-0.1, -0.05) is 20.3 Å². The topological polar surface area (TPSA) is 55.1 Å². The van der Waals surface area contributed by atoms with Crippen molar-refractivity contribution in [3.05, 3.63) is 29.6 Å². The van der Waals surface area contributed by atoms with E-state index >= 15 is 0 Å². The third kappa shape index (κ3) is 3.44. The summed E-state index contributed by atoms with van der Waals surface area (Å²) >= 11 is 0. The van der Waals surface area contributed by atoms with Crippen molar-refractivity contribution in [1.82, 2.24) is 5.32 Å². The van der Waals surface area contributed by atoms with Gasteiger partial charge in [-0.2, -0.15) is 0 Å². The number of amides is 1. The molecule has 0 aliphatic rings. The summed E-state index contributed by atoms with van der Waals surface area (Å²) in [7, 11) is 0.